The van der Waals surface area contributed by atoms with Crippen molar-refractivity contribution in [1.29, 1.82) is 0 Å². The van der Waals surface area contributed by atoms with Gasteiger partial charge in [0, 0.05) is 13.6 Å². The van der Waals surface area contributed by atoms with E-state index in [-0.39, 0.29) is 0 Å². The number of aliphatic hydroxyl groups excluding tert-OH is 1. The van der Waals surface area contributed by atoms with Gasteiger partial charge in [0.1, 0.15) is 6.10 Å². The molecule has 2 N–H and O–H groups in total. The predicted molar refractivity (Wildman–Crippen MR) is 43.7 cm³/mol. The average Bonchev–Trinajstić information content (AvgIpc) is 2.11. The second-order valence-electron chi connectivity index (χ2n) is 2.60. The molecule has 6 heteroatoms. The van der Waals surface area contributed by atoms with Crippen LogP contribution in [0.4, 0.5) is 13.6 Å². The van der Waals surface area contributed by atoms with Gasteiger partial charge in [-0.15, -0.1) is 0 Å². The van der Waals surface area contributed by atoms with Crippen LogP contribution in [0.25, 0.3) is 0 Å². The van der Waals surface area contributed by atoms with Crippen LogP contribution in [0.3, 0.4) is 0 Å². The molecule has 0 rings (SSSR count). The summed E-state index contributed by atoms with van der Waals surface area (Å²) >= 11 is 0. The molecule has 2 amide bonds. The normalized spacial score (nSPS) is 12.8. The van der Waals surface area contributed by atoms with Crippen LogP contribution >= 0.6 is 0 Å². The van der Waals surface area contributed by atoms with Crippen LogP contribution in [0.5, 0.6) is 0 Å². The summed E-state index contributed by atoms with van der Waals surface area (Å²) in [4.78, 5) is 12.3. The van der Waals surface area contributed by atoms with E-state index in [9.17, 15) is 13.6 Å². The molecule has 1 unspecified atom stereocenters. The van der Waals surface area contributed by atoms with Crippen molar-refractivity contribution in [3.63, 3.8) is 0 Å². The summed E-state index contributed by atoms with van der Waals surface area (Å²) in [6.45, 7) is 1.81. The van der Waals surface area contributed by atoms with Gasteiger partial charge in [0.25, 0.3) is 6.43 Å². The zero-order valence-corrected chi connectivity index (χ0v) is 7.63. The van der Waals surface area contributed by atoms with Crippen molar-refractivity contribution in [3.8, 4) is 0 Å². The zero-order chi connectivity index (χ0) is 10.4. The summed E-state index contributed by atoms with van der Waals surface area (Å²) in [7, 11) is 1.53. The van der Waals surface area contributed by atoms with Crippen molar-refractivity contribution in [2.45, 2.75) is 19.5 Å². The second-order valence-corrected chi connectivity index (χ2v) is 2.60. The monoisotopic (exact) mass is 196 g/mol. The number of aliphatic hydroxyl groups is 1. The number of alkyl halides is 2. The Morgan fingerprint density at radius 2 is 2.15 bits per heavy atom. The molecule has 0 saturated heterocycles. The Bertz CT molecular complexity index is 167. The Morgan fingerprint density at radius 3 is 2.54 bits per heavy atom. The number of urea groups is 1. The minimum Gasteiger partial charge on any atom is -0.385 e. The third-order valence-electron chi connectivity index (χ3n) is 1.57. The molecule has 78 valence electrons. The van der Waals surface area contributed by atoms with Crippen molar-refractivity contribution >= 4 is 6.03 Å². The van der Waals surface area contributed by atoms with E-state index in [1.807, 2.05) is 0 Å². The third-order valence-corrected chi connectivity index (χ3v) is 1.57. The van der Waals surface area contributed by atoms with Crippen molar-refractivity contribution in [2.75, 3.05) is 20.1 Å². The van der Waals surface area contributed by atoms with Crippen molar-refractivity contribution in [2.24, 2.45) is 0 Å². The molecule has 0 spiro atoms. The van der Waals surface area contributed by atoms with Gasteiger partial charge in [0.05, 0.1) is 6.54 Å². The molecule has 0 aromatic heterocycles. The van der Waals surface area contributed by atoms with Gasteiger partial charge in [-0.05, 0) is 6.92 Å². The van der Waals surface area contributed by atoms with Gasteiger partial charge in [-0.3, -0.25) is 0 Å². The first-order chi connectivity index (χ1) is 5.99. The van der Waals surface area contributed by atoms with Crippen LogP contribution in [0.15, 0.2) is 0 Å². The lowest BCUT2D eigenvalue weighted by molar-refractivity contribution is -0.00218. The van der Waals surface area contributed by atoms with Crippen LogP contribution in [0.1, 0.15) is 6.92 Å². The molecule has 0 aliphatic carbocycles. The lowest BCUT2D eigenvalue weighted by Crippen LogP contribution is -2.42. The summed E-state index contributed by atoms with van der Waals surface area (Å²) in [6, 6.07) is -0.470. The number of carbonyl (C=O) groups excluding carboxylic acids is 1. The standard InChI is InChI=1S/C7H14F2N2O2/c1-3-11(2)7(13)10-4-5(12)6(8)9/h5-6,12H,3-4H2,1-2H3,(H,10,13). The average molecular weight is 196 g/mol. The molecular weight excluding hydrogens is 182 g/mol. The van der Waals surface area contributed by atoms with Crippen LogP contribution in [-0.2, 0) is 0 Å². The van der Waals surface area contributed by atoms with Gasteiger partial charge in [0.15, 0.2) is 0 Å². The van der Waals surface area contributed by atoms with Crippen LogP contribution in [-0.4, -0.2) is 48.7 Å². The lowest BCUT2D eigenvalue weighted by Gasteiger charge is -2.17. The van der Waals surface area contributed by atoms with Gasteiger partial charge in [-0.25, -0.2) is 13.6 Å². The van der Waals surface area contributed by atoms with Crippen molar-refractivity contribution in [3.05, 3.63) is 0 Å². The molecule has 0 bridgehead atoms. The summed E-state index contributed by atoms with van der Waals surface area (Å²) < 4.78 is 23.5. The van der Waals surface area contributed by atoms with E-state index in [0.29, 0.717) is 6.54 Å². The largest absolute Gasteiger partial charge is 0.385 e. The fraction of sp³-hybridized carbons (Fsp3) is 0.857. The van der Waals surface area contributed by atoms with E-state index in [0.717, 1.165) is 0 Å². The van der Waals surface area contributed by atoms with E-state index >= 15 is 0 Å². The van der Waals surface area contributed by atoms with Crippen LogP contribution in [0.2, 0.25) is 0 Å². The summed E-state index contributed by atoms with van der Waals surface area (Å²) in [6.07, 6.45) is -4.62. The van der Waals surface area contributed by atoms with E-state index < -0.39 is 25.1 Å². The number of carbonyl (C=O) groups is 1. The molecule has 0 radical (unpaired) electrons. The zero-order valence-electron chi connectivity index (χ0n) is 7.63. The molecule has 1 atom stereocenters. The second kappa shape index (κ2) is 5.69. The molecule has 0 aromatic carbocycles. The number of rotatable bonds is 4. The smallest absolute Gasteiger partial charge is 0.317 e. The molecule has 0 fully saturated rings. The molecule has 0 aromatic rings. The minimum absolute atomic E-state index is 0.430. The molecule has 0 aliphatic heterocycles. The van der Waals surface area contributed by atoms with E-state index in [1.54, 1.807) is 6.92 Å². The third kappa shape index (κ3) is 4.62. The molecule has 4 nitrogen and oxygen atoms in total. The minimum atomic E-state index is -2.83. The van der Waals surface area contributed by atoms with Crippen LogP contribution < -0.4 is 5.32 Å². The Hall–Kier alpha value is -0.910. The van der Waals surface area contributed by atoms with Gasteiger partial charge >= 0.3 is 6.03 Å². The highest BCUT2D eigenvalue weighted by atomic mass is 19.3. The topological polar surface area (TPSA) is 52.6 Å². The van der Waals surface area contributed by atoms with Crippen molar-refractivity contribution < 1.29 is 18.7 Å². The Balaban J connectivity index is 3.70. The van der Waals surface area contributed by atoms with Crippen LogP contribution in [0, 0.1) is 0 Å². The maximum absolute atomic E-state index is 11.7. The summed E-state index contributed by atoms with van der Waals surface area (Å²) in [5.74, 6) is 0. The maximum Gasteiger partial charge on any atom is 0.317 e. The van der Waals surface area contributed by atoms with Gasteiger partial charge in [0.2, 0.25) is 0 Å². The number of nitrogens with zero attached hydrogens (tertiary/aromatic N) is 1. The van der Waals surface area contributed by atoms with Gasteiger partial charge in [-0.1, -0.05) is 0 Å². The number of hydrogen-bond acceptors (Lipinski definition) is 2. The number of hydrogen-bond donors (Lipinski definition) is 2. The Morgan fingerprint density at radius 1 is 1.62 bits per heavy atom. The SMILES string of the molecule is CCN(C)C(=O)NCC(O)C(F)F. The first kappa shape index (κ1) is 12.1. The van der Waals surface area contributed by atoms with E-state index in [4.69, 9.17) is 5.11 Å². The van der Waals surface area contributed by atoms with E-state index in [1.165, 1.54) is 11.9 Å². The highest BCUT2D eigenvalue weighted by Crippen LogP contribution is 1.98. The molecule has 0 aliphatic rings. The quantitative estimate of drug-likeness (QED) is 0.678. The highest BCUT2D eigenvalue weighted by molar-refractivity contribution is 5.73. The molecule has 0 heterocycles. The maximum atomic E-state index is 11.7. The molecule has 0 saturated carbocycles. The first-order valence-corrected chi connectivity index (χ1v) is 3.94. The van der Waals surface area contributed by atoms with E-state index in [2.05, 4.69) is 5.32 Å². The Kier molecular flexibility index (Phi) is 5.29. The Labute approximate surface area is 75.5 Å². The number of nitrogens with one attached hydrogen (secondary N) is 1. The fourth-order valence-electron chi connectivity index (χ4n) is 0.560. The van der Waals surface area contributed by atoms with Gasteiger partial charge < -0.3 is 15.3 Å². The van der Waals surface area contributed by atoms with Crippen molar-refractivity contribution in [1.82, 2.24) is 10.2 Å². The highest BCUT2D eigenvalue weighted by Gasteiger charge is 2.17. The fourth-order valence-corrected chi connectivity index (χ4v) is 0.560. The molecular formula is C7H14F2N2O2. The summed E-state index contributed by atoms with van der Waals surface area (Å²) in [5, 5.41) is 10.8. The number of halogens is 2. The lowest BCUT2D eigenvalue weighted by atomic mass is 10.4. The number of amides is 2. The predicted octanol–water partition coefficient (Wildman–Crippen LogP) is 0.274. The van der Waals surface area contributed by atoms with Gasteiger partial charge in [-0.2, -0.15) is 0 Å². The summed E-state index contributed by atoms with van der Waals surface area (Å²) in [5.41, 5.74) is 0. The molecule has 13 heavy (non-hydrogen) atoms. The first-order valence-electron chi connectivity index (χ1n) is 3.94.